The molecule has 0 fully saturated rings. The molecule has 8 heteroatoms. The highest BCUT2D eigenvalue weighted by molar-refractivity contribution is 5.82. The number of non-ortho nitro benzene ring substituents is 1. The molecule has 2 aromatic rings. The minimum absolute atomic E-state index is 0.0614. The number of nitro groups is 1. The van der Waals surface area contributed by atoms with Crippen molar-refractivity contribution in [3.63, 3.8) is 0 Å². The summed E-state index contributed by atoms with van der Waals surface area (Å²) in [6, 6.07) is 6.11. The SMILES string of the molecule is O=[N+]([O-])c1ccc2ccn(CCOCC(F)(F)F)c2c1. The topological polar surface area (TPSA) is 57.3 Å². The molecule has 20 heavy (non-hydrogen) atoms. The highest BCUT2D eigenvalue weighted by Gasteiger charge is 2.27. The minimum Gasteiger partial charge on any atom is -0.370 e. The molecular weight excluding hydrogens is 277 g/mol. The summed E-state index contributed by atoms with van der Waals surface area (Å²) in [7, 11) is 0. The first-order valence-corrected chi connectivity index (χ1v) is 5.74. The normalized spacial score (nSPS) is 11.9. The molecule has 0 saturated heterocycles. The Morgan fingerprint density at radius 2 is 2.05 bits per heavy atom. The maximum absolute atomic E-state index is 11.9. The number of hydrogen-bond donors (Lipinski definition) is 0. The van der Waals surface area contributed by atoms with Gasteiger partial charge in [0.25, 0.3) is 5.69 Å². The van der Waals surface area contributed by atoms with E-state index in [-0.39, 0.29) is 18.8 Å². The molecular formula is C12H11F3N2O3. The number of nitrogens with zero attached hydrogens (tertiary/aromatic N) is 2. The van der Waals surface area contributed by atoms with Crippen molar-refractivity contribution in [2.45, 2.75) is 12.7 Å². The summed E-state index contributed by atoms with van der Waals surface area (Å²) in [5, 5.41) is 11.5. The van der Waals surface area contributed by atoms with Gasteiger partial charge in [0, 0.05) is 30.3 Å². The van der Waals surface area contributed by atoms with E-state index in [0.29, 0.717) is 5.52 Å². The first-order chi connectivity index (χ1) is 9.37. The fraction of sp³-hybridized carbons (Fsp3) is 0.333. The van der Waals surface area contributed by atoms with Gasteiger partial charge >= 0.3 is 6.18 Å². The number of halogens is 3. The molecule has 1 aromatic carbocycles. The Kier molecular flexibility index (Phi) is 3.93. The van der Waals surface area contributed by atoms with E-state index in [9.17, 15) is 23.3 Å². The Hall–Kier alpha value is -2.09. The van der Waals surface area contributed by atoms with Crippen LogP contribution in [0.1, 0.15) is 0 Å². The van der Waals surface area contributed by atoms with Crippen LogP contribution in [0.25, 0.3) is 10.9 Å². The Balaban J connectivity index is 2.06. The van der Waals surface area contributed by atoms with E-state index in [1.807, 2.05) is 0 Å². The maximum Gasteiger partial charge on any atom is 0.411 e. The number of benzene rings is 1. The molecule has 0 aliphatic rings. The Morgan fingerprint density at radius 1 is 1.30 bits per heavy atom. The van der Waals surface area contributed by atoms with Crippen molar-refractivity contribution in [1.82, 2.24) is 4.57 Å². The van der Waals surface area contributed by atoms with E-state index >= 15 is 0 Å². The van der Waals surface area contributed by atoms with Gasteiger partial charge < -0.3 is 9.30 Å². The van der Waals surface area contributed by atoms with Crippen LogP contribution in [-0.4, -0.2) is 28.9 Å². The van der Waals surface area contributed by atoms with Crippen molar-refractivity contribution in [2.75, 3.05) is 13.2 Å². The summed E-state index contributed by atoms with van der Waals surface area (Å²) >= 11 is 0. The van der Waals surface area contributed by atoms with Crippen molar-refractivity contribution in [3.8, 4) is 0 Å². The van der Waals surface area contributed by atoms with Crippen molar-refractivity contribution < 1.29 is 22.8 Å². The lowest BCUT2D eigenvalue weighted by atomic mass is 10.2. The Morgan fingerprint density at radius 3 is 2.70 bits per heavy atom. The molecule has 0 bridgehead atoms. The lowest BCUT2D eigenvalue weighted by Gasteiger charge is -2.09. The zero-order valence-corrected chi connectivity index (χ0v) is 10.3. The maximum atomic E-state index is 11.9. The van der Waals surface area contributed by atoms with Crippen LogP contribution in [0.2, 0.25) is 0 Å². The van der Waals surface area contributed by atoms with Crippen molar-refractivity contribution in [2.24, 2.45) is 0 Å². The first-order valence-electron chi connectivity index (χ1n) is 5.74. The molecule has 1 heterocycles. The molecule has 5 nitrogen and oxygen atoms in total. The number of alkyl halides is 3. The van der Waals surface area contributed by atoms with Crippen molar-refractivity contribution >= 4 is 16.6 Å². The zero-order valence-electron chi connectivity index (χ0n) is 10.3. The predicted octanol–water partition coefficient (Wildman–Crippen LogP) is 3.13. The summed E-state index contributed by atoms with van der Waals surface area (Å²) < 4.78 is 41.9. The standard InChI is InChI=1S/C12H11F3N2O3/c13-12(14,15)8-20-6-5-16-4-3-9-1-2-10(17(18)19)7-11(9)16/h1-4,7H,5-6,8H2. The number of ether oxygens (including phenoxy) is 1. The second kappa shape index (κ2) is 5.49. The molecule has 0 radical (unpaired) electrons. The van der Waals surface area contributed by atoms with Gasteiger partial charge in [-0.05, 0) is 12.1 Å². The fourth-order valence-corrected chi connectivity index (χ4v) is 1.83. The second-order valence-corrected chi connectivity index (χ2v) is 4.18. The third-order valence-electron chi connectivity index (χ3n) is 2.71. The van der Waals surface area contributed by atoms with Gasteiger partial charge in [-0.3, -0.25) is 10.1 Å². The third kappa shape index (κ3) is 3.47. The van der Waals surface area contributed by atoms with Crippen LogP contribution in [-0.2, 0) is 11.3 Å². The number of rotatable bonds is 5. The second-order valence-electron chi connectivity index (χ2n) is 4.18. The predicted molar refractivity (Wildman–Crippen MR) is 65.5 cm³/mol. The van der Waals surface area contributed by atoms with Crippen molar-refractivity contribution in [1.29, 1.82) is 0 Å². The van der Waals surface area contributed by atoms with Crippen LogP contribution in [0.3, 0.4) is 0 Å². The van der Waals surface area contributed by atoms with Crippen LogP contribution in [0.5, 0.6) is 0 Å². The summed E-state index contributed by atoms with van der Waals surface area (Å²) in [5.74, 6) is 0. The Labute approximate surface area is 111 Å². The van der Waals surface area contributed by atoms with E-state index < -0.39 is 17.7 Å². The molecule has 0 aliphatic carbocycles. The first kappa shape index (κ1) is 14.3. The highest BCUT2D eigenvalue weighted by atomic mass is 19.4. The summed E-state index contributed by atoms with van der Waals surface area (Å²) in [4.78, 5) is 10.2. The van der Waals surface area contributed by atoms with E-state index in [0.717, 1.165) is 5.39 Å². The molecule has 108 valence electrons. The zero-order chi connectivity index (χ0) is 14.8. The smallest absolute Gasteiger partial charge is 0.370 e. The lowest BCUT2D eigenvalue weighted by molar-refractivity contribution is -0.384. The average molecular weight is 288 g/mol. The van der Waals surface area contributed by atoms with E-state index in [1.54, 1.807) is 22.9 Å². The molecule has 1 aromatic heterocycles. The average Bonchev–Trinajstić information content (AvgIpc) is 2.76. The molecule has 0 amide bonds. The van der Waals surface area contributed by atoms with E-state index in [2.05, 4.69) is 4.74 Å². The summed E-state index contributed by atoms with van der Waals surface area (Å²) in [5.41, 5.74) is 0.531. The highest BCUT2D eigenvalue weighted by Crippen LogP contribution is 2.22. The van der Waals surface area contributed by atoms with Crippen LogP contribution < -0.4 is 0 Å². The van der Waals surface area contributed by atoms with Gasteiger partial charge in [0.1, 0.15) is 6.61 Å². The van der Waals surface area contributed by atoms with E-state index in [1.165, 1.54) is 12.1 Å². The van der Waals surface area contributed by atoms with Crippen LogP contribution >= 0.6 is 0 Å². The van der Waals surface area contributed by atoms with Crippen molar-refractivity contribution in [3.05, 3.63) is 40.6 Å². The van der Waals surface area contributed by atoms with Gasteiger partial charge in [0.05, 0.1) is 17.0 Å². The van der Waals surface area contributed by atoms with Gasteiger partial charge in [0.2, 0.25) is 0 Å². The molecule has 0 aliphatic heterocycles. The largest absolute Gasteiger partial charge is 0.411 e. The van der Waals surface area contributed by atoms with Crippen LogP contribution in [0.4, 0.5) is 18.9 Å². The van der Waals surface area contributed by atoms with E-state index in [4.69, 9.17) is 0 Å². The molecule has 0 atom stereocenters. The summed E-state index contributed by atoms with van der Waals surface area (Å²) in [6.07, 6.45) is -2.69. The molecule has 0 spiro atoms. The Bertz CT molecular complexity index is 622. The number of hydrogen-bond acceptors (Lipinski definition) is 3. The molecule has 0 N–H and O–H groups in total. The van der Waals surface area contributed by atoms with Gasteiger partial charge in [-0.2, -0.15) is 13.2 Å². The number of nitro benzene ring substituents is 1. The lowest BCUT2D eigenvalue weighted by Crippen LogP contribution is -2.18. The number of fused-ring (bicyclic) bond motifs is 1. The van der Waals surface area contributed by atoms with Crippen LogP contribution in [0, 0.1) is 10.1 Å². The van der Waals surface area contributed by atoms with Gasteiger partial charge in [-0.1, -0.05) is 0 Å². The van der Waals surface area contributed by atoms with Gasteiger partial charge in [0.15, 0.2) is 0 Å². The molecule has 2 rings (SSSR count). The van der Waals surface area contributed by atoms with Gasteiger partial charge in [-0.25, -0.2) is 0 Å². The monoisotopic (exact) mass is 288 g/mol. The minimum atomic E-state index is -4.35. The van der Waals surface area contributed by atoms with Crippen LogP contribution in [0.15, 0.2) is 30.5 Å². The van der Waals surface area contributed by atoms with Gasteiger partial charge in [-0.15, -0.1) is 0 Å². The number of aromatic nitrogens is 1. The summed E-state index contributed by atoms with van der Waals surface area (Å²) in [6.45, 7) is -1.22. The fourth-order valence-electron chi connectivity index (χ4n) is 1.83. The third-order valence-corrected chi connectivity index (χ3v) is 2.71. The quantitative estimate of drug-likeness (QED) is 0.482. The molecule has 0 unspecified atom stereocenters. The molecule has 0 saturated carbocycles.